The van der Waals surface area contributed by atoms with Crippen molar-refractivity contribution in [1.82, 2.24) is 34.7 Å². The van der Waals surface area contributed by atoms with Gasteiger partial charge in [0.1, 0.15) is 11.5 Å². The molecule has 130 valence electrons. The normalized spacial score (nSPS) is 17.8. The molecule has 3 aromatic heterocycles. The molecule has 9 nitrogen and oxygen atoms in total. The number of piperidine rings is 1. The zero-order chi connectivity index (χ0) is 17.4. The van der Waals surface area contributed by atoms with Gasteiger partial charge in [0, 0.05) is 44.8 Å². The van der Waals surface area contributed by atoms with Crippen LogP contribution < -0.4 is 10.2 Å². The Balaban J connectivity index is 1.53. The first-order valence-electron chi connectivity index (χ1n) is 8.33. The van der Waals surface area contributed by atoms with Crippen molar-refractivity contribution in [3.05, 3.63) is 36.2 Å². The summed E-state index contributed by atoms with van der Waals surface area (Å²) in [5.74, 6) is 1.54. The van der Waals surface area contributed by atoms with Crippen molar-refractivity contribution < 1.29 is 4.79 Å². The number of nitrogens with zero attached hydrogens (tertiary/aromatic N) is 7. The van der Waals surface area contributed by atoms with Crippen molar-refractivity contribution in [2.75, 3.05) is 18.0 Å². The number of fused-ring (bicyclic) bond motifs is 1. The van der Waals surface area contributed by atoms with Crippen LogP contribution in [0.5, 0.6) is 0 Å². The molecule has 0 radical (unpaired) electrons. The van der Waals surface area contributed by atoms with Gasteiger partial charge in [-0.05, 0) is 25.8 Å². The van der Waals surface area contributed by atoms with E-state index in [9.17, 15) is 4.79 Å². The number of amides is 1. The van der Waals surface area contributed by atoms with Crippen molar-refractivity contribution in [2.45, 2.75) is 25.8 Å². The summed E-state index contributed by atoms with van der Waals surface area (Å²) in [5.41, 5.74) is 1.31. The monoisotopic (exact) mass is 340 g/mol. The molecule has 4 heterocycles. The summed E-state index contributed by atoms with van der Waals surface area (Å²) in [6.07, 6.45) is 7.16. The van der Waals surface area contributed by atoms with Crippen molar-refractivity contribution >= 4 is 17.4 Å². The molecule has 1 aliphatic heterocycles. The van der Waals surface area contributed by atoms with E-state index in [0.29, 0.717) is 12.2 Å². The van der Waals surface area contributed by atoms with Crippen LogP contribution >= 0.6 is 0 Å². The van der Waals surface area contributed by atoms with E-state index >= 15 is 0 Å². The highest BCUT2D eigenvalue weighted by atomic mass is 16.2. The van der Waals surface area contributed by atoms with Gasteiger partial charge in [-0.2, -0.15) is 5.10 Å². The summed E-state index contributed by atoms with van der Waals surface area (Å²) in [5, 5.41) is 15.5. The number of nitrogens with one attached hydrogen (secondary N) is 1. The number of aryl methyl sites for hydroxylation is 2. The maximum atomic E-state index is 12.4. The molecule has 0 aromatic carbocycles. The predicted molar refractivity (Wildman–Crippen MR) is 91.4 cm³/mol. The summed E-state index contributed by atoms with van der Waals surface area (Å²) in [6.45, 7) is 3.50. The Kier molecular flexibility index (Phi) is 3.83. The van der Waals surface area contributed by atoms with E-state index in [1.807, 2.05) is 17.5 Å². The van der Waals surface area contributed by atoms with Crippen LogP contribution in [0.25, 0.3) is 5.65 Å². The SMILES string of the molecule is Cc1nnc2c(N3CCCC(NC(=O)c4ccnn4C)C3)nccn12. The van der Waals surface area contributed by atoms with Crippen LogP contribution in [0.4, 0.5) is 5.82 Å². The minimum atomic E-state index is -0.101. The second-order valence-electron chi connectivity index (χ2n) is 6.29. The lowest BCUT2D eigenvalue weighted by molar-refractivity contribution is 0.0923. The third kappa shape index (κ3) is 2.81. The molecule has 1 aliphatic rings. The van der Waals surface area contributed by atoms with Crippen LogP contribution in [0, 0.1) is 6.92 Å². The van der Waals surface area contributed by atoms with E-state index in [1.165, 1.54) is 0 Å². The quantitative estimate of drug-likeness (QED) is 0.749. The fourth-order valence-corrected chi connectivity index (χ4v) is 3.29. The van der Waals surface area contributed by atoms with Gasteiger partial charge in [0.15, 0.2) is 5.82 Å². The third-order valence-electron chi connectivity index (χ3n) is 4.59. The summed E-state index contributed by atoms with van der Waals surface area (Å²) in [7, 11) is 1.76. The van der Waals surface area contributed by atoms with E-state index in [-0.39, 0.29) is 11.9 Å². The number of anilines is 1. The van der Waals surface area contributed by atoms with E-state index in [4.69, 9.17) is 0 Å². The molecule has 1 unspecified atom stereocenters. The summed E-state index contributed by atoms with van der Waals surface area (Å²) in [6, 6.07) is 1.78. The molecule has 25 heavy (non-hydrogen) atoms. The van der Waals surface area contributed by atoms with Gasteiger partial charge in [0.25, 0.3) is 5.91 Å². The molecular formula is C16H20N8O. The highest BCUT2D eigenvalue weighted by molar-refractivity contribution is 5.92. The molecule has 1 saturated heterocycles. The Morgan fingerprint density at radius 2 is 2.20 bits per heavy atom. The first-order chi connectivity index (χ1) is 12.1. The van der Waals surface area contributed by atoms with Gasteiger partial charge in [-0.1, -0.05) is 0 Å². The lowest BCUT2D eigenvalue weighted by atomic mass is 10.1. The van der Waals surface area contributed by atoms with Crippen molar-refractivity contribution in [2.24, 2.45) is 7.05 Å². The third-order valence-corrected chi connectivity index (χ3v) is 4.59. The predicted octanol–water partition coefficient (Wildman–Crippen LogP) is 0.565. The molecule has 0 spiro atoms. The van der Waals surface area contributed by atoms with Crippen LogP contribution in [0.1, 0.15) is 29.2 Å². The Hall–Kier alpha value is -2.97. The van der Waals surface area contributed by atoms with E-state index < -0.39 is 0 Å². The van der Waals surface area contributed by atoms with E-state index in [1.54, 1.807) is 30.2 Å². The molecule has 0 aliphatic carbocycles. The first kappa shape index (κ1) is 15.6. The zero-order valence-electron chi connectivity index (χ0n) is 14.3. The lowest BCUT2D eigenvalue weighted by Gasteiger charge is -2.33. The van der Waals surface area contributed by atoms with Gasteiger partial charge in [0.2, 0.25) is 5.65 Å². The smallest absolute Gasteiger partial charge is 0.269 e. The molecule has 4 rings (SSSR count). The van der Waals surface area contributed by atoms with Gasteiger partial charge in [-0.25, -0.2) is 4.98 Å². The van der Waals surface area contributed by atoms with E-state index in [0.717, 1.165) is 36.7 Å². The second-order valence-corrected chi connectivity index (χ2v) is 6.29. The second kappa shape index (κ2) is 6.15. The van der Waals surface area contributed by atoms with Crippen LogP contribution in [-0.4, -0.2) is 54.4 Å². The number of hydrogen-bond acceptors (Lipinski definition) is 6. The van der Waals surface area contributed by atoms with Crippen molar-refractivity contribution in [3.63, 3.8) is 0 Å². The molecule has 9 heteroatoms. The molecule has 1 N–H and O–H groups in total. The lowest BCUT2D eigenvalue weighted by Crippen LogP contribution is -2.48. The molecular weight excluding hydrogens is 320 g/mol. The number of carbonyl (C=O) groups is 1. The van der Waals surface area contributed by atoms with Gasteiger partial charge in [-0.3, -0.25) is 13.9 Å². The molecule has 0 saturated carbocycles. The van der Waals surface area contributed by atoms with Gasteiger partial charge >= 0.3 is 0 Å². The van der Waals surface area contributed by atoms with E-state index in [2.05, 4.69) is 30.5 Å². The van der Waals surface area contributed by atoms with Crippen molar-refractivity contribution in [3.8, 4) is 0 Å². The minimum absolute atomic E-state index is 0.0576. The van der Waals surface area contributed by atoms with Crippen molar-refractivity contribution in [1.29, 1.82) is 0 Å². The minimum Gasteiger partial charge on any atom is -0.351 e. The summed E-state index contributed by atoms with van der Waals surface area (Å²) < 4.78 is 3.51. The molecule has 1 fully saturated rings. The molecule has 1 atom stereocenters. The Morgan fingerprint density at radius 1 is 1.32 bits per heavy atom. The van der Waals surface area contributed by atoms with Crippen LogP contribution in [0.15, 0.2) is 24.7 Å². The average Bonchev–Trinajstić information content (AvgIpc) is 3.21. The fraction of sp³-hybridized carbons (Fsp3) is 0.438. The van der Waals surface area contributed by atoms with Crippen LogP contribution in [-0.2, 0) is 7.05 Å². The Morgan fingerprint density at radius 3 is 3.00 bits per heavy atom. The Bertz CT molecular complexity index is 914. The summed E-state index contributed by atoms with van der Waals surface area (Å²) >= 11 is 0. The van der Waals surface area contributed by atoms with Crippen LogP contribution in [0.2, 0.25) is 0 Å². The maximum absolute atomic E-state index is 12.4. The molecule has 0 bridgehead atoms. The average molecular weight is 340 g/mol. The highest BCUT2D eigenvalue weighted by Gasteiger charge is 2.25. The first-order valence-corrected chi connectivity index (χ1v) is 8.33. The van der Waals surface area contributed by atoms with Gasteiger partial charge in [-0.15, -0.1) is 10.2 Å². The fourth-order valence-electron chi connectivity index (χ4n) is 3.29. The molecule has 1 amide bonds. The number of rotatable bonds is 3. The number of hydrogen-bond donors (Lipinski definition) is 1. The zero-order valence-corrected chi connectivity index (χ0v) is 14.3. The largest absolute Gasteiger partial charge is 0.351 e. The standard InChI is InChI=1S/C16H20N8O/c1-11-20-21-15-14(17-7-9-24(11)15)23-8-3-4-12(10-23)19-16(25)13-5-6-18-22(13)2/h5-7,9,12H,3-4,8,10H2,1-2H3,(H,19,25). The maximum Gasteiger partial charge on any atom is 0.269 e. The van der Waals surface area contributed by atoms with Gasteiger partial charge in [0.05, 0.1) is 0 Å². The van der Waals surface area contributed by atoms with Gasteiger partial charge < -0.3 is 10.2 Å². The Labute approximate surface area is 144 Å². The summed E-state index contributed by atoms with van der Waals surface area (Å²) in [4.78, 5) is 19.1. The highest BCUT2D eigenvalue weighted by Crippen LogP contribution is 2.22. The van der Waals surface area contributed by atoms with Crippen LogP contribution in [0.3, 0.4) is 0 Å². The molecule has 3 aromatic rings. The number of carbonyl (C=O) groups excluding carboxylic acids is 1. The number of aromatic nitrogens is 6. The topological polar surface area (TPSA) is 93.2 Å².